The average Bonchev–Trinajstić information content (AvgIpc) is 3.20. The van der Waals surface area contributed by atoms with Crippen molar-refractivity contribution >= 4 is 16.9 Å². The van der Waals surface area contributed by atoms with Gasteiger partial charge in [0, 0.05) is 31.3 Å². The summed E-state index contributed by atoms with van der Waals surface area (Å²) in [5.74, 6) is 0.885. The van der Waals surface area contributed by atoms with Crippen LogP contribution in [-0.2, 0) is 19.0 Å². The molecule has 0 radical (unpaired) electrons. The summed E-state index contributed by atoms with van der Waals surface area (Å²) in [4.78, 5) is 23.4. The van der Waals surface area contributed by atoms with Crippen LogP contribution in [0.2, 0.25) is 0 Å². The van der Waals surface area contributed by atoms with Crippen molar-refractivity contribution in [3.05, 3.63) is 40.7 Å². The van der Waals surface area contributed by atoms with E-state index in [0.29, 0.717) is 12.2 Å². The lowest BCUT2D eigenvalue weighted by atomic mass is 9.92. The molecule has 27 heavy (non-hydrogen) atoms. The first kappa shape index (κ1) is 17.6. The van der Waals surface area contributed by atoms with Crippen molar-refractivity contribution in [1.82, 2.24) is 29.5 Å². The van der Waals surface area contributed by atoms with Crippen molar-refractivity contribution in [2.24, 2.45) is 7.05 Å². The predicted molar refractivity (Wildman–Crippen MR) is 104 cm³/mol. The topological polar surface area (TPSA) is 81.7 Å². The van der Waals surface area contributed by atoms with Crippen LogP contribution in [0.4, 0.5) is 5.82 Å². The molecule has 8 heteroatoms. The van der Waals surface area contributed by atoms with E-state index in [2.05, 4.69) is 45.8 Å². The van der Waals surface area contributed by atoms with Crippen LogP contribution in [0.25, 0.3) is 11.0 Å². The molecule has 4 heterocycles. The molecule has 0 N–H and O–H groups in total. The highest BCUT2D eigenvalue weighted by Gasteiger charge is 2.29. The third-order valence-corrected chi connectivity index (χ3v) is 5.08. The Hall–Kier alpha value is -2.77. The van der Waals surface area contributed by atoms with Gasteiger partial charge in [0.25, 0.3) is 5.56 Å². The minimum Gasteiger partial charge on any atom is -0.351 e. The monoisotopic (exact) mass is 367 g/mol. The number of anilines is 1. The number of rotatable bonds is 3. The van der Waals surface area contributed by atoms with Crippen LogP contribution < -0.4 is 10.5 Å². The van der Waals surface area contributed by atoms with Crippen LogP contribution in [-0.4, -0.2) is 42.1 Å². The first-order chi connectivity index (χ1) is 12.8. The molecule has 1 fully saturated rings. The highest BCUT2D eigenvalue weighted by atomic mass is 16.1. The smallest absolute Gasteiger partial charge is 0.266 e. The van der Waals surface area contributed by atoms with E-state index in [4.69, 9.17) is 0 Å². The van der Waals surface area contributed by atoms with Gasteiger partial charge in [0.05, 0.1) is 23.7 Å². The first-order valence-corrected chi connectivity index (χ1v) is 9.32. The summed E-state index contributed by atoms with van der Waals surface area (Å²) in [6, 6.07) is 3.62. The molecule has 1 saturated heterocycles. The molecule has 1 aliphatic heterocycles. The Balaban J connectivity index is 1.67. The van der Waals surface area contributed by atoms with Gasteiger partial charge in [0.2, 0.25) is 0 Å². The van der Waals surface area contributed by atoms with Gasteiger partial charge in [-0.25, -0.2) is 14.6 Å². The SMILES string of the molecule is Cn1cc2c(N3CCCC3Cn3nc(C(C)(C)C)ccc3=O)ncnc2n1. The Bertz CT molecular complexity index is 1030. The summed E-state index contributed by atoms with van der Waals surface area (Å²) < 4.78 is 3.36. The van der Waals surface area contributed by atoms with Crippen LogP contribution in [0.5, 0.6) is 0 Å². The van der Waals surface area contributed by atoms with E-state index in [1.807, 2.05) is 19.3 Å². The van der Waals surface area contributed by atoms with Gasteiger partial charge >= 0.3 is 0 Å². The summed E-state index contributed by atoms with van der Waals surface area (Å²) in [5, 5.41) is 9.95. The largest absolute Gasteiger partial charge is 0.351 e. The van der Waals surface area contributed by atoms with Crippen molar-refractivity contribution < 1.29 is 0 Å². The lowest BCUT2D eigenvalue weighted by Gasteiger charge is -2.27. The Morgan fingerprint density at radius 1 is 1.19 bits per heavy atom. The highest BCUT2D eigenvalue weighted by Crippen LogP contribution is 2.29. The fourth-order valence-corrected chi connectivity index (χ4v) is 3.65. The number of fused-ring (bicyclic) bond motifs is 1. The molecule has 1 atom stereocenters. The van der Waals surface area contributed by atoms with E-state index in [-0.39, 0.29) is 17.0 Å². The zero-order valence-electron chi connectivity index (χ0n) is 16.3. The van der Waals surface area contributed by atoms with E-state index in [0.717, 1.165) is 36.3 Å². The molecule has 142 valence electrons. The minimum absolute atomic E-state index is 0.0657. The van der Waals surface area contributed by atoms with E-state index < -0.39 is 0 Å². The zero-order valence-corrected chi connectivity index (χ0v) is 16.3. The maximum Gasteiger partial charge on any atom is 0.266 e. The fourth-order valence-electron chi connectivity index (χ4n) is 3.65. The molecule has 1 unspecified atom stereocenters. The number of aromatic nitrogens is 6. The zero-order chi connectivity index (χ0) is 19.2. The maximum atomic E-state index is 12.4. The molecule has 0 aliphatic carbocycles. The summed E-state index contributed by atoms with van der Waals surface area (Å²) in [5.41, 5.74) is 1.45. The lowest BCUT2D eigenvalue weighted by Crippen LogP contribution is -2.38. The molecule has 8 nitrogen and oxygen atoms in total. The summed E-state index contributed by atoms with van der Waals surface area (Å²) >= 11 is 0. The van der Waals surface area contributed by atoms with Crippen molar-refractivity contribution in [1.29, 1.82) is 0 Å². The van der Waals surface area contributed by atoms with Crippen molar-refractivity contribution in [2.75, 3.05) is 11.4 Å². The van der Waals surface area contributed by atoms with Gasteiger partial charge in [-0.15, -0.1) is 0 Å². The Kier molecular flexibility index (Phi) is 4.20. The summed E-state index contributed by atoms with van der Waals surface area (Å²) in [7, 11) is 1.88. The van der Waals surface area contributed by atoms with Crippen molar-refractivity contribution in [2.45, 2.75) is 51.6 Å². The van der Waals surface area contributed by atoms with Crippen LogP contribution in [0.1, 0.15) is 39.3 Å². The van der Waals surface area contributed by atoms with Gasteiger partial charge in [-0.3, -0.25) is 9.48 Å². The van der Waals surface area contributed by atoms with Crippen LogP contribution in [0.3, 0.4) is 0 Å². The quantitative estimate of drug-likeness (QED) is 0.703. The first-order valence-electron chi connectivity index (χ1n) is 9.32. The summed E-state index contributed by atoms with van der Waals surface area (Å²) in [6.45, 7) is 7.76. The van der Waals surface area contributed by atoms with Gasteiger partial charge in [-0.05, 0) is 18.9 Å². The van der Waals surface area contributed by atoms with Crippen LogP contribution in [0, 0.1) is 0 Å². The molecule has 0 bridgehead atoms. The number of hydrogen-bond donors (Lipinski definition) is 0. The molecule has 0 aromatic carbocycles. The van der Waals surface area contributed by atoms with E-state index in [1.54, 1.807) is 21.8 Å². The van der Waals surface area contributed by atoms with Crippen LogP contribution >= 0.6 is 0 Å². The second-order valence-electron chi connectivity index (χ2n) is 8.22. The Labute approximate surface area is 157 Å². The minimum atomic E-state index is -0.0979. The van der Waals surface area contributed by atoms with Crippen molar-refractivity contribution in [3.63, 3.8) is 0 Å². The Morgan fingerprint density at radius 3 is 2.78 bits per heavy atom. The van der Waals surface area contributed by atoms with Crippen molar-refractivity contribution in [3.8, 4) is 0 Å². The average molecular weight is 367 g/mol. The molecule has 3 aromatic rings. The standard InChI is InChI=1S/C19H25N7O/c1-19(2,3)15-7-8-16(27)26(22-15)10-13-6-5-9-25(13)18-14-11-24(4)23-17(14)20-12-21-18/h7-8,11-13H,5-6,9-10H2,1-4H3. The van der Waals surface area contributed by atoms with E-state index >= 15 is 0 Å². The molecule has 1 aliphatic rings. The van der Waals surface area contributed by atoms with Crippen LogP contribution in [0.15, 0.2) is 29.5 Å². The maximum absolute atomic E-state index is 12.4. The van der Waals surface area contributed by atoms with Gasteiger partial charge in [0.15, 0.2) is 5.65 Å². The van der Waals surface area contributed by atoms with Gasteiger partial charge in [-0.1, -0.05) is 20.8 Å². The van der Waals surface area contributed by atoms with Gasteiger partial charge < -0.3 is 4.90 Å². The predicted octanol–water partition coefficient (Wildman–Crippen LogP) is 1.89. The Morgan fingerprint density at radius 2 is 2.00 bits per heavy atom. The van der Waals surface area contributed by atoms with E-state index in [1.165, 1.54) is 0 Å². The van der Waals surface area contributed by atoms with Gasteiger partial charge in [0.1, 0.15) is 12.1 Å². The molecule has 4 rings (SSSR count). The molecule has 3 aromatic heterocycles. The lowest BCUT2D eigenvalue weighted by molar-refractivity contribution is 0.457. The highest BCUT2D eigenvalue weighted by molar-refractivity contribution is 5.86. The third kappa shape index (κ3) is 3.31. The summed E-state index contributed by atoms with van der Waals surface area (Å²) in [6.07, 6.45) is 5.57. The number of hydrogen-bond acceptors (Lipinski definition) is 6. The molecular formula is C19H25N7O. The second kappa shape index (κ2) is 6.44. The van der Waals surface area contributed by atoms with E-state index in [9.17, 15) is 4.79 Å². The number of nitrogens with zero attached hydrogens (tertiary/aromatic N) is 7. The number of aryl methyl sites for hydroxylation is 1. The molecular weight excluding hydrogens is 342 g/mol. The molecule has 0 amide bonds. The third-order valence-electron chi connectivity index (χ3n) is 5.08. The normalized spacial score (nSPS) is 17.8. The second-order valence-corrected chi connectivity index (χ2v) is 8.22. The van der Waals surface area contributed by atoms with Gasteiger partial charge in [-0.2, -0.15) is 10.2 Å². The molecule has 0 saturated carbocycles. The fraction of sp³-hybridized carbons (Fsp3) is 0.526. The molecule has 0 spiro atoms.